The maximum absolute atomic E-state index is 5.70. The minimum absolute atomic E-state index is 0.670. The molecule has 0 aliphatic rings. The lowest BCUT2D eigenvalue weighted by Crippen LogP contribution is -2.19. The van der Waals surface area contributed by atoms with Gasteiger partial charge < -0.3 is 10.1 Å². The maximum atomic E-state index is 5.70. The van der Waals surface area contributed by atoms with Crippen molar-refractivity contribution in [3.63, 3.8) is 0 Å². The summed E-state index contributed by atoms with van der Waals surface area (Å²) < 4.78 is 7.71. The van der Waals surface area contributed by atoms with Gasteiger partial charge in [-0.3, -0.25) is 0 Å². The van der Waals surface area contributed by atoms with Crippen LogP contribution in [0.3, 0.4) is 0 Å². The third-order valence-corrected chi connectivity index (χ3v) is 3.57. The van der Waals surface area contributed by atoms with Gasteiger partial charge in [0.15, 0.2) is 0 Å². The number of hydrogen-bond donors (Lipinski definition) is 1. The molecule has 18 heavy (non-hydrogen) atoms. The van der Waals surface area contributed by atoms with E-state index in [1.807, 2.05) is 0 Å². The van der Waals surface area contributed by atoms with E-state index in [1.165, 1.54) is 5.56 Å². The van der Waals surface area contributed by atoms with Crippen LogP contribution in [0.4, 0.5) is 0 Å². The van der Waals surface area contributed by atoms with E-state index in [4.69, 9.17) is 4.74 Å². The number of benzene rings is 1. The summed E-state index contributed by atoms with van der Waals surface area (Å²) in [5.74, 6) is 1.56. The molecule has 0 aliphatic heterocycles. The minimum atomic E-state index is 0.670. The van der Waals surface area contributed by atoms with Crippen LogP contribution in [0.1, 0.15) is 32.8 Å². The van der Waals surface area contributed by atoms with Crippen molar-refractivity contribution in [3.8, 4) is 5.75 Å². The molecule has 0 saturated heterocycles. The Bertz CT molecular complexity index is 357. The zero-order valence-corrected chi connectivity index (χ0v) is 14.4. The topological polar surface area (TPSA) is 21.3 Å². The van der Waals surface area contributed by atoms with E-state index in [-0.39, 0.29) is 0 Å². The normalized spacial score (nSPS) is 11.0. The van der Waals surface area contributed by atoms with Gasteiger partial charge in [0.2, 0.25) is 0 Å². The van der Waals surface area contributed by atoms with Crippen molar-refractivity contribution >= 4 is 31.9 Å². The van der Waals surface area contributed by atoms with Gasteiger partial charge in [-0.2, -0.15) is 0 Å². The highest BCUT2D eigenvalue weighted by Crippen LogP contribution is 2.34. The zero-order chi connectivity index (χ0) is 13.5. The van der Waals surface area contributed by atoms with Crippen molar-refractivity contribution in [2.75, 3.05) is 13.2 Å². The molecule has 1 aromatic rings. The molecule has 0 saturated carbocycles. The summed E-state index contributed by atoms with van der Waals surface area (Å²) in [7, 11) is 0. The highest BCUT2D eigenvalue weighted by Gasteiger charge is 2.08. The lowest BCUT2D eigenvalue weighted by Gasteiger charge is -2.13. The SMILES string of the molecule is CCCOc1c(Br)cc(CNCC(C)C)cc1Br. The largest absolute Gasteiger partial charge is 0.491 e. The molecule has 0 aliphatic carbocycles. The third-order valence-electron chi connectivity index (χ3n) is 2.39. The van der Waals surface area contributed by atoms with Gasteiger partial charge >= 0.3 is 0 Å². The van der Waals surface area contributed by atoms with E-state index in [0.717, 1.165) is 40.8 Å². The van der Waals surface area contributed by atoms with Crippen LogP contribution in [0.5, 0.6) is 5.75 Å². The standard InChI is InChI=1S/C14H21Br2NO/c1-4-5-18-14-12(15)6-11(7-13(14)16)9-17-8-10(2)3/h6-7,10,17H,4-5,8-9H2,1-3H3. The summed E-state index contributed by atoms with van der Waals surface area (Å²) in [6.07, 6.45) is 1.01. The monoisotopic (exact) mass is 377 g/mol. The zero-order valence-electron chi connectivity index (χ0n) is 11.2. The van der Waals surface area contributed by atoms with E-state index in [0.29, 0.717) is 5.92 Å². The predicted molar refractivity (Wildman–Crippen MR) is 84.2 cm³/mol. The molecule has 0 heterocycles. The average molecular weight is 379 g/mol. The molecule has 4 heteroatoms. The average Bonchev–Trinajstić information content (AvgIpc) is 2.27. The fourth-order valence-corrected chi connectivity index (χ4v) is 3.07. The van der Waals surface area contributed by atoms with Gasteiger partial charge in [-0.1, -0.05) is 20.8 Å². The smallest absolute Gasteiger partial charge is 0.147 e. The predicted octanol–water partition coefficient (Wildman–Crippen LogP) is 4.75. The number of ether oxygens (including phenoxy) is 1. The van der Waals surface area contributed by atoms with E-state index in [9.17, 15) is 0 Å². The Morgan fingerprint density at radius 3 is 2.33 bits per heavy atom. The first-order valence-electron chi connectivity index (χ1n) is 6.36. The molecule has 1 rings (SSSR count). The fraction of sp³-hybridized carbons (Fsp3) is 0.571. The van der Waals surface area contributed by atoms with Crippen molar-refractivity contribution in [2.24, 2.45) is 5.92 Å². The molecule has 0 unspecified atom stereocenters. The first kappa shape index (κ1) is 16.0. The van der Waals surface area contributed by atoms with Crippen LogP contribution < -0.4 is 10.1 Å². The second kappa shape index (κ2) is 8.18. The highest BCUT2D eigenvalue weighted by molar-refractivity contribution is 9.11. The van der Waals surface area contributed by atoms with Crippen molar-refractivity contribution in [1.29, 1.82) is 0 Å². The Kier molecular flexibility index (Phi) is 7.27. The van der Waals surface area contributed by atoms with Gasteiger partial charge in [-0.05, 0) is 68.4 Å². The van der Waals surface area contributed by atoms with E-state index < -0.39 is 0 Å². The fourth-order valence-electron chi connectivity index (χ4n) is 1.56. The number of rotatable bonds is 7. The molecule has 1 N–H and O–H groups in total. The van der Waals surface area contributed by atoms with Gasteiger partial charge in [0.1, 0.15) is 5.75 Å². The van der Waals surface area contributed by atoms with Crippen LogP contribution in [0.25, 0.3) is 0 Å². The summed E-state index contributed by atoms with van der Waals surface area (Å²) in [5, 5.41) is 3.44. The Balaban J connectivity index is 2.67. The van der Waals surface area contributed by atoms with Gasteiger partial charge in [0, 0.05) is 6.54 Å². The molecular weight excluding hydrogens is 358 g/mol. The van der Waals surface area contributed by atoms with Crippen molar-refractivity contribution < 1.29 is 4.74 Å². The van der Waals surface area contributed by atoms with Crippen molar-refractivity contribution in [3.05, 3.63) is 26.6 Å². The third kappa shape index (κ3) is 5.29. The molecule has 0 fully saturated rings. The molecule has 2 nitrogen and oxygen atoms in total. The quantitative estimate of drug-likeness (QED) is 0.739. The molecule has 1 aromatic carbocycles. The second-order valence-corrected chi connectivity index (χ2v) is 6.47. The van der Waals surface area contributed by atoms with Crippen LogP contribution in [-0.4, -0.2) is 13.2 Å². The van der Waals surface area contributed by atoms with Gasteiger partial charge in [0.25, 0.3) is 0 Å². The second-order valence-electron chi connectivity index (χ2n) is 4.76. The summed E-state index contributed by atoms with van der Waals surface area (Å²) >= 11 is 7.13. The minimum Gasteiger partial charge on any atom is -0.491 e. The van der Waals surface area contributed by atoms with Crippen molar-refractivity contribution in [1.82, 2.24) is 5.32 Å². The van der Waals surface area contributed by atoms with Crippen LogP contribution in [0.2, 0.25) is 0 Å². The molecular formula is C14H21Br2NO. The molecule has 102 valence electrons. The van der Waals surface area contributed by atoms with E-state index in [1.54, 1.807) is 0 Å². The number of nitrogens with one attached hydrogen (secondary N) is 1. The highest BCUT2D eigenvalue weighted by atomic mass is 79.9. The maximum Gasteiger partial charge on any atom is 0.147 e. The van der Waals surface area contributed by atoms with Gasteiger partial charge in [0.05, 0.1) is 15.6 Å². The summed E-state index contributed by atoms with van der Waals surface area (Å²) in [5.41, 5.74) is 1.25. The summed E-state index contributed by atoms with van der Waals surface area (Å²) in [4.78, 5) is 0. The van der Waals surface area contributed by atoms with Gasteiger partial charge in [-0.25, -0.2) is 0 Å². The van der Waals surface area contributed by atoms with Crippen LogP contribution >= 0.6 is 31.9 Å². The lowest BCUT2D eigenvalue weighted by atomic mass is 10.2. The van der Waals surface area contributed by atoms with E-state index in [2.05, 4.69) is 70.1 Å². The van der Waals surface area contributed by atoms with Crippen LogP contribution in [0.15, 0.2) is 21.1 Å². The number of hydrogen-bond acceptors (Lipinski definition) is 2. The first-order chi connectivity index (χ1) is 8.54. The Labute approximate surface area is 127 Å². The Morgan fingerprint density at radius 2 is 1.83 bits per heavy atom. The number of halogens is 2. The summed E-state index contributed by atoms with van der Waals surface area (Å²) in [6, 6.07) is 4.23. The molecule has 0 spiro atoms. The van der Waals surface area contributed by atoms with Crippen molar-refractivity contribution in [2.45, 2.75) is 33.7 Å². The van der Waals surface area contributed by atoms with E-state index >= 15 is 0 Å². The van der Waals surface area contributed by atoms with Crippen LogP contribution in [-0.2, 0) is 6.54 Å². The summed E-state index contributed by atoms with van der Waals surface area (Å²) in [6.45, 7) is 9.17. The Morgan fingerprint density at radius 1 is 1.22 bits per heavy atom. The molecule has 0 radical (unpaired) electrons. The Hall–Kier alpha value is -0.0600. The lowest BCUT2D eigenvalue weighted by molar-refractivity contribution is 0.313. The van der Waals surface area contributed by atoms with Crippen LogP contribution in [0, 0.1) is 5.92 Å². The van der Waals surface area contributed by atoms with Gasteiger partial charge in [-0.15, -0.1) is 0 Å². The first-order valence-corrected chi connectivity index (χ1v) is 7.94. The molecule has 0 aromatic heterocycles. The molecule has 0 amide bonds. The molecule has 0 bridgehead atoms. The molecule has 0 atom stereocenters.